The predicted molar refractivity (Wildman–Crippen MR) is 79.6 cm³/mol. The first-order valence-electron chi connectivity index (χ1n) is 6.20. The molecule has 0 unspecified atom stereocenters. The van der Waals surface area contributed by atoms with E-state index in [9.17, 15) is 13.6 Å². The molecule has 1 amide bonds. The van der Waals surface area contributed by atoms with Crippen molar-refractivity contribution in [3.05, 3.63) is 58.1 Å². The van der Waals surface area contributed by atoms with Crippen LogP contribution in [0.15, 0.2) is 40.9 Å². The fourth-order valence-corrected chi connectivity index (χ4v) is 2.06. The first kappa shape index (κ1) is 15.4. The SMILES string of the molecule is CCOc1ccc(NC(=O)c2ccc(Br)cc2F)cc1F. The first-order chi connectivity index (χ1) is 10.0. The average molecular weight is 356 g/mol. The molecule has 1 N–H and O–H groups in total. The summed E-state index contributed by atoms with van der Waals surface area (Å²) in [6.45, 7) is 2.08. The van der Waals surface area contributed by atoms with Crippen LogP contribution in [0.25, 0.3) is 0 Å². The molecule has 110 valence electrons. The quantitative estimate of drug-likeness (QED) is 0.883. The molecule has 0 atom stereocenters. The molecule has 21 heavy (non-hydrogen) atoms. The lowest BCUT2D eigenvalue weighted by Gasteiger charge is -2.09. The van der Waals surface area contributed by atoms with Crippen molar-refractivity contribution >= 4 is 27.5 Å². The maximum atomic E-state index is 13.7. The Morgan fingerprint density at radius 1 is 1.19 bits per heavy atom. The van der Waals surface area contributed by atoms with Crippen LogP contribution in [0.5, 0.6) is 5.75 Å². The Hall–Kier alpha value is -1.95. The molecule has 2 rings (SSSR count). The lowest BCUT2D eigenvalue weighted by atomic mass is 10.2. The maximum Gasteiger partial charge on any atom is 0.258 e. The van der Waals surface area contributed by atoms with E-state index < -0.39 is 17.5 Å². The zero-order chi connectivity index (χ0) is 15.4. The summed E-state index contributed by atoms with van der Waals surface area (Å²) in [5.41, 5.74) is 0.107. The summed E-state index contributed by atoms with van der Waals surface area (Å²) in [6, 6.07) is 8.11. The molecule has 0 aliphatic heterocycles. The monoisotopic (exact) mass is 355 g/mol. The number of anilines is 1. The highest BCUT2D eigenvalue weighted by Crippen LogP contribution is 2.22. The van der Waals surface area contributed by atoms with Gasteiger partial charge in [-0.3, -0.25) is 4.79 Å². The van der Waals surface area contributed by atoms with Gasteiger partial charge in [0.2, 0.25) is 0 Å². The van der Waals surface area contributed by atoms with Gasteiger partial charge in [0.1, 0.15) is 5.82 Å². The zero-order valence-corrected chi connectivity index (χ0v) is 12.7. The first-order valence-corrected chi connectivity index (χ1v) is 6.99. The predicted octanol–water partition coefficient (Wildman–Crippen LogP) is 4.38. The number of benzene rings is 2. The number of ether oxygens (including phenoxy) is 1. The zero-order valence-electron chi connectivity index (χ0n) is 11.1. The third-order valence-corrected chi connectivity index (χ3v) is 3.16. The maximum absolute atomic E-state index is 13.7. The normalized spacial score (nSPS) is 10.3. The number of hydrogen-bond donors (Lipinski definition) is 1. The molecule has 0 heterocycles. The Labute approximate surface area is 129 Å². The summed E-state index contributed by atoms with van der Waals surface area (Å²) in [5, 5.41) is 2.44. The van der Waals surface area contributed by atoms with Crippen molar-refractivity contribution in [3.8, 4) is 5.75 Å². The average Bonchev–Trinajstić information content (AvgIpc) is 2.41. The van der Waals surface area contributed by atoms with E-state index in [0.29, 0.717) is 11.1 Å². The minimum absolute atomic E-state index is 0.102. The molecule has 3 nitrogen and oxygen atoms in total. The van der Waals surface area contributed by atoms with Gasteiger partial charge in [-0.1, -0.05) is 15.9 Å². The highest BCUT2D eigenvalue weighted by atomic mass is 79.9. The van der Waals surface area contributed by atoms with Gasteiger partial charge in [0, 0.05) is 16.2 Å². The lowest BCUT2D eigenvalue weighted by molar-refractivity contribution is 0.102. The van der Waals surface area contributed by atoms with E-state index in [0.717, 1.165) is 6.07 Å². The van der Waals surface area contributed by atoms with Crippen LogP contribution in [0.1, 0.15) is 17.3 Å². The molecule has 2 aromatic rings. The molecule has 0 saturated carbocycles. The van der Waals surface area contributed by atoms with Gasteiger partial charge in [-0.05, 0) is 37.3 Å². The number of amides is 1. The van der Waals surface area contributed by atoms with E-state index in [-0.39, 0.29) is 17.0 Å². The molecular weight excluding hydrogens is 344 g/mol. The van der Waals surface area contributed by atoms with Crippen LogP contribution in [-0.2, 0) is 0 Å². The van der Waals surface area contributed by atoms with Crippen LogP contribution in [0, 0.1) is 11.6 Å². The Balaban J connectivity index is 2.17. The second-order valence-electron chi connectivity index (χ2n) is 4.16. The number of halogens is 3. The van der Waals surface area contributed by atoms with Crippen LogP contribution in [0.3, 0.4) is 0 Å². The molecule has 0 saturated heterocycles. The fourth-order valence-electron chi connectivity index (χ4n) is 1.72. The van der Waals surface area contributed by atoms with E-state index in [2.05, 4.69) is 21.2 Å². The van der Waals surface area contributed by atoms with Crippen molar-refractivity contribution in [3.63, 3.8) is 0 Å². The van der Waals surface area contributed by atoms with Crippen molar-refractivity contribution in [2.24, 2.45) is 0 Å². The van der Waals surface area contributed by atoms with Crippen LogP contribution < -0.4 is 10.1 Å². The number of carbonyl (C=O) groups is 1. The molecule has 0 bridgehead atoms. The molecule has 0 aliphatic rings. The summed E-state index contributed by atoms with van der Waals surface area (Å²) >= 11 is 3.11. The van der Waals surface area contributed by atoms with Gasteiger partial charge >= 0.3 is 0 Å². The summed E-state index contributed by atoms with van der Waals surface area (Å²) < 4.78 is 32.9. The second-order valence-corrected chi connectivity index (χ2v) is 5.07. The summed E-state index contributed by atoms with van der Waals surface area (Å²) in [5.74, 6) is -1.80. The van der Waals surface area contributed by atoms with Gasteiger partial charge in [0.25, 0.3) is 5.91 Å². The van der Waals surface area contributed by atoms with Gasteiger partial charge in [0.15, 0.2) is 11.6 Å². The van der Waals surface area contributed by atoms with Crippen LogP contribution in [-0.4, -0.2) is 12.5 Å². The summed E-state index contributed by atoms with van der Waals surface area (Å²) in [4.78, 5) is 11.9. The Morgan fingerprint density at radius 2 is 1.95 bits per heavy atom. The highest BCUT2D eigenvalue weighted by molar-refractivity contribution is 9.10. The van der Waals surface area contributed by atoms with Crippen molar-refractivity contribution in [1.82, 2.24) is 0 Å². The fraction of sp³-hybridized carbons (Fsp3) is 0.133. The molecule has 0 aliphatic carbocycles. The number of nitrogens with one attached hydrogen (secondary N) is 1. The highest BCUT2D eigenvalue weighted by Gasteiger charge is 2.13. The third kappa shape index (κ3) is 3.78. The molecule has 0 fully saturated rings. The number of carbonyl (C=O) groups excluding carboxylic acids is 1. The van der Waals surface area contributed by atoms with Gasteiger partial charge in [-0.15, -0.1) is 0 Å². The van der Waals surface area contributed by atoms with E-state index in [1.54, 1.807) is 13.0 Å². The van der Waals surface area contributed by atoms with Crippen molar-refractivity contribution in [2.45, 2.75) is 6.92 Å². The van der Waals surface area contributed by atoms with Crippen LogP contribution in [0.2, 0.25) is 0 Å². The Morgan fingerprint density at radius 3 is 2.57 bits per heavy atom. The van der Waals surface area contributed by atoms with Crippen LogP contribution in [0.4, 0.5) is 14.5 Å². The van der Waals surface area contributed by atoms with Gasteiger partial charge in [0.05, 0.1) is 12.2 Å². The lowest BCUT2D eigenvalue weighted by Crippen LogP contribution is -2.14. The van der Waals surface area contributed by atoms with Gasteiger partial charge in [-0.25, -0.2) is 8.78 Å². The van der Waals surface area contributed by atoms with Crippen molar-refractivity contribution in [2.75, 3.05) is 11.9 Å². The van der Waals surface area contributed by atoms with E-state index in [1.165, 1.54) is 24.3 Å². The minimum atomic E-state index is -0.659. The third-order valence-electron chi connectivity index (χ3n) is 2.67. The van der Waals surface area contributed by atoms with E-state index in [4.69, 9.17) is 4.74 Å². The van der Waals surface area contributed by atoms with Gasteiger partial charge < -0.3 is 10.1 Å². The molecule has 0 spiro atoms. The molecular formula is C15H12BrF2NO2. The minimum Gasteiger partial charge on any atom is -0.491 e. The number of hydrogen-bond acceptors (Lipinski definition) is 2. The summed E-state index contributed by atoms with van der Waals surface area (Å²) in [6.07, 6.45) is 0. The Bertz CT molecular complexity index is 677. The van der Waals surface area contributed by atoms with E-state index in [1.807, 2.05) is 0 Å². The second kappa shape index (κ2) is 6.67. The molecule has 6 heteroatoms. The molecule has 0 aromatic heterocycles. The van der Waals surface area contributed by atoms with E-state index >= 15 is 0 Å². The van der Waals surface area contributed by atoms with Crippen LogP contribution >= 0.6 is 15.9 Å². The van der Waals surface area contributed by atoms with Gasteiger partial charge in [-0.2, -0.15) is 0 Å². The largest absolute Gasteiger partial charge is 0.491 e. The molecule has 0 radical (unpaired) electrons. The van der Waals surface area contributed by atoms with Crippen molar-refractivity contribution < 1.29 is 18.3 Å². The smallest absolute Gasteiger partial charge is 0.258 e. The van der Waals surface area contributed by atoms with Crippen molar-refractivity contribution in [1.29, 1.82) is 0 Å². The summed E-state index contributed by atoms with van der Waals surface area (Å²) in [7, 11) is 0. The Kier molecular flexibility index (Phi) is 4.90. The number of rotatable bonds is 4. The molecule has 2 aromatic carbocycles. The topological polar surface area (TPSA) is 38.3 Å². The standard InChI is InChI=1S/C15H12BrF2NO2/c1-2-21-14-6-4-10(8-13(14)18)19-15(20)11-5-3-9(16)7-12(11)17/h3-8H,2H2,1H3,(H,19,20).